The van der Waals surface area contributed by atoms with Gasteiger partial charge in [-0.15, -0.1) is 0 Å². The molecule has 2 N–H and O–H groups in total. The molecule has 0 aliphatic heterocycles. The number of nitrogens with zero attached hydrogens (tertiary/aromatic N) is 1. The van der Waals surface area contributed by atoms with Gasteiger partial charge in [0.15, 0.2) is 0 Å². The first kappa shape index (κ1) is 18.6. The van der Waals surface area contributed by atoms with E-state index in [9.17, 15) is 19.7 Å². The predicted molar refractivity (Wildman–Crippen MR) is 97.5 cm³/mol. The number of amides is 2. The number of nitrogens with one attached hydrogen (secondary N) is 2. The summed E-state index contributed by atoms with van der Waals surface area (Å²) in [4.78, 5) is 34.6. The Balaban J connectivity index is 2.04. The highest BCUT2D eigenvalue weighted by Crippen LogP contribution is 2.20. The first-order chi connectivity index (χ1) is 11.8. The van der Waals surface area contributed by atoms with E-state index >= 15 is 0 Å². The van der Waals surface area contributed by atoms with Gasteiger partial charge in [0.2, 0.25) is 5.91 Å². The Hall–Kier alpha value is -2.74. The van der Waals surface area contributed by atoms with E-state index in [0.29, 0.717) is 5.69 Å². The molecule has 1 unspecified atom stereocenters. The van der Waals surface area contributed by atoms with Crippen LogP contribution in [0.4, 0.5) is 11.4 Å². The number of carbonyl (C=O) groups is 2. The van der Waals surface area contributed by atoms with Crippen molar-refractivity contribution in [3.05, 3.63) is 68.2 Å². The highest BCUT2D eigenvalue weighted by molar-refractivity contribution is 9.10. The molecule has 0 saturated carbocycles. The second-order valence-corrected chi connectivity index (χ2v) is 6.37. The maximum absolute atomic E-state index is 12.2. The van der Waals surface area contributed by atoms with Gasteiger partial charge >= 0.3 is 0 Å². The van der Waals surface area contributed by atoms with Crippen LogP contribution in [0.5, 0.6) is 0 Å². The topological polar surface area (TPSA) is 101 Å². The lowest BCUT2D eigenvalue weighted by Crippen LogP contribution is -2.41. The third-order valence-corrected chi connectivity index (χ3v) is 4.00. The smallest absolute Gasteiger partial charge is 0.270 e. The maximum Gasteiger partial charge on any atom is 0.270 e. The minimum atomic E-state index is -0.810. The first-order valence-corrected chi connectivity index (χ1v) is 8.19. The van der Waals surface area contributed by atoms with Crippen LogP contribution in [0.2, 0.25) is 0 Å². The third-order valence-electron chi connectivity index (χ3n) is 3.51. The Morgan fingerprint density at radius 3 is 2.56 bits per heavy atom. The molecule has 130 valence electrons. The number of rotatable bonds is 5. The molecule has 0 aliphatic carbocycles. The quantitative estimate of drug-likeness (QED) is 0.587. The third kappa shape index (κ3) is 4.87. The SMILES string of the molecule is Cc1cc(Br)ccc1NC(=O)C(C)NC(=O)c1cccc([N+](=O)[O-])c1. The number of non-ortho nitro benzene ring substituents is 1. The standard InChI is InChI=1S/C17H16BrN3O4/c1-10-8-13(18)6-7-15(10)20-16(22)11(2)19-17(23)12-4-3-5-14(9-12)21(24)25/h3-9,11H,1-2H3,(H,19,23)(H,20,22). The van der Waals surface area contributed by atoms with Gasteiger partial charge < -0.3 is 10.6 Å². The van der Waals surface area contributed by atoms with Crippen LogP contribution in [-0.4, -0.2) is 22.8 Å². The molecule has 2 aromatic rings. The van der Waals surface area contributed by atoms with Crippen molar-refractivity contribution in [2.75, 3.05) is 5.32 Å². The highest BCUT2D eigenvalue weighted by atomic mass is 79.9. The lowest BCUT2D eigenvalue weighted by Gasteiger charge is -2.15. The largest absolute Gasteiger partial charge is 0.341 e. The summed E-state index contributed by atoms with van der Waals surface area (Å²) in [6.07, 6.45) is 0. The number of hydrogen-bond acceptors (Lipinski definition) is 4. The molecule has 2 amide bonds. The Kier molecular flexibility index (Phi) is 5.87. The van der Waals surface area contributed by atoms with E-state index in [-0.39, 0.29) is 17.2 Å². The van der Waals surface area contributed by atoms with Gasteiger partial charge in [-0.05, 0) is 43.7 Å². The van der Waals surface area contributed by atoms with Crippen molar-refractivity contribution in [1.82, 2.24) is 5.32 Å². The molecule has 1 atom stereocenters. The van der Waals surface area contributed by atoms with E-state index in [0.717, 1.165) is 10.0 Å². The van der Waals surface area contributed by atoms with Crippen LogP contribution in [0.3, 0.4) is 0 Å². The summed E-state index contributed by atoms with van der Waals surface area (Å²) in [5, 5.41) is 16.0. The zero-order chi connectivity index (χ0) is 18.6. The summed E-state index contributed by atoms with van der Waals surface area (Å²) in [7, 11) is 0. The van der Waals surface area contributed by atoms with Crippen LogP contribution in [0.1, 0.15) is 22.8 Å². The minimum absolute atomic E-state index is 0.119. The van der Waals surface area contributed by atoms with Crippen LogP contribution >= 0.6 is 15.9 Å². The summed E-state index contributed by atoms with van der Waals surface area (Å²) >= 11 is 3.35. The predicted octanol–water partition coefficient (Wildman–Crippen LogP) is 3.42. The van der Waals surface area contributed by atoms with Crippen molar-refractivity contribution < 1.29 is 14.5 Å². The van der Waals surface area contributed by atoms with Gasteiger partial charge in [-0.3, -0.25) is 19.7 Å². The minimum Gasteiger partial charge on any atom is -0.341 e. The van der Waals surface area contributed by atoms with Crippen molar-refractivity contribution >= 4 is 39.1 Å². The van der Waals surface area contributed by atoms with Crippen molar-refractivity contribution in [2.45, 2.75) is 19.9 Å². The van der Waals surface area contributed by atoms with Gasteiger partial charge in [-0.2, -0.15) is 0 Å². The van der Waals surface area contributed by atoms with E-state index < -0.39 is 16.9 Å². The van der Waals surface area contributed by atoms with Gasteiger partial charge in [0.05, 0.1) is 4.92 Å². The van der Waals surface area contributed by atoms with Gasteiger partial charge in [0.25, 0.3) is 11.6 Å². The fourth-order valence-corrected chi connectivity index (χ4v) is 2.59. The molecule has 0 fully saturated rings. The Bertz CT molecular complexity index is 838. The lowest BCUT2D eigenvalue weighted by molar-refractivity contribution is -0.384. The molecule has 7 nitrogen and oxygen atoms in total. The van der Waals surface area contributed by atoms with Gasteiger partial charge in [0, 0.05) is 27.9 Å². The maximum atomic E-state index is 12.2. The number of benzene rings is 2. The fourth-order valence-electron chi connectivity index (χ4n) is 2.11. The summed E-state index contributed by atoms with van der Waals surface area (Å²) in [5.41, 5.74) is 1.45. The first-order valence-electron chi connectivity index (χ1n) is 7.40. The lowest BCUT2D eigenvalue weighted by atomic mass is 10.1. The van der Waals surface area contributed by atoms with E-state index in [4.69, 9.17) is 0 Å². The van der Waals surface area contributed by atoms with E-state index in [1.165, 1.54) is 24.3 Å². The molecule has 0 aromatic heterocycles. The van der Waals surface area contributed by atoms with Crippen molar-refractivity contribution in [3.63, 3.8) is 0 Å². The Labute approximate surface area is 152 Å². The van der Waals surface area contributed by atoms with Crippen molar-refractivity contribution in [3.8, 4) is 0 Å². The average molecular weight is 406 g/mol. The molecule has 2 rings (SSSR count). The zero-order valence-corrected chi connectivity index (χ0v) is 15.2. The second-order valence-electron chi connectivity index (χ2n) is 5.45. The molecule has 0 saturated heterocycles. The molecule has 25 heavy (non-hydrogen) atoms. The van der Waals surface area contributed by atoms with Crippen LogP contribution < -0.4 is 10.6 Å². The number of hydrogen-bond donors (Lipinski definition) is 2. The van der Waals surface area contributed by atoms with Gasteiger partial charge in [-0.25, -0.2) is 0 Å². The van der Waals surface area contributed by atoms with Crippen LogP contribution in [0.25, 0.3) is 0 Å². The Morgan fingerprint density at radius 2 is 1.92 bits per heavy atom. The van der Waals surface area contributed by atoms with Crippen molar-refractivity contribution in [1.29, 1.82) is 0 Å². The van der Waals surface area contributed by atoms with Crippen molar-refractivity contribution in [2.24, 2.45) is 0 Å². The second kappa shape index (κ2) is 7.89. The monoisotopic (exact) mass is 405 g/mol. The van der Waals surface area contributed by atoms with Crippen LogP contribution in [0, 0.1) is 17.0 Å². The molecular formula is C17H16BrN3O4. The number of nitro groups is 1. The van der Waals surface area contributed by atoms with Gasteiger partial charge in [0.1, 0.15) is 6.04 Å². The highest BCUT2D eigenvalue weighted by Gasteiger charge is 2.18. The van der Waals surface area contributed by atoms with Gasteiger partial charge in [-0.1, -0.05) is 22.0 Å². The average Bonchev–Trinajstić information content (AvgIpc) is 2.57. The molecule has 0 aliphatic rings. The summed E-state index contributed by atoms with van der Waals surface area (Å²) in [6, 6.07) is 9.94. The molecule has 0 spiro atoms. The molecule has 0 bridgehead atoms. The fraction of sp³-hybridized carbons (Fsp3) is 0.176. The molecule has 0 radical (unpaired) electrons. The van der Waals surface area contributed by atoms with Crippen LogP contribution in [-0.2, 0) is 4.79 Å². The molecule has 2 aromatic carbocycles. The Morgan fingerprint density at radius 1 is 1.20 bits per heavy atom. The van der Waals surface area contributed by atoms with E-state index in [1.807, 2.05) is 13.0 Å². The molecular weight excluding hydrogens is 390 g/mol. The number of halogens is 1. The number of anilines is 1. The number of aryl methyl sites for hydroxylation is 1. The number of carbonyl (C=O) groups excluding carboxylic acids is 2. The molecule has 8 heteroatoms. The van der Waals surface area contributed by atoms with Crippen LogP contribution in [0.15, 0.2) is 46.9 Å². The normalized spacial score (nSPS) is 11.5. The molecule has 0 heterocycles. The summed E-state index contributed by atoms with van der Waals surface area (Å²) in [6.45, 7) is 3.39. The summed E-state index contributed by atoms with van der Waals surface area (Å²) in [5.74, 6) is -0.942. The van der Waals surface area contributed by atoms with E-state index in [2.05, 4.69) is 26.6 Å². The van der Waals surface area contributed by atoms with E-state index in [1.54, 1.807) is 19.1 Å². The zero-order valence-electron chi connectivity index (χ0n) is 13.6. The summed E-state index contributed by atoms with van der Waals surface area (Å²) < 4.78 is 0.898. The number of nitro benzene ring substituents is 1.